The van der Waals surface area contributed by atoms with Crippen LogP contribution < -0.4 is 16.2 Å². The minimum absolute atomic E-state index is 0.0402. The molecule has 2 amide bonds. The molecule has 0 spiro atoms. The second-order valence-corrected chi connectivity index (χ2v) is 8.59. The summed E-state index contributed by atoms with van der Waals surface area (Å²) in [5, 5.41) is 28.9. The number of pyridine rings is 1. The van der Waals surface area contributed by atoms with Gasteiger partial charge in [-0.3, -0.25) is 9.78 Å². The molecule has 4 aromatic rings. The number of aromatic carboxylic acids is 1. The first kappa shape index (κ1) is 25.7. The molecule has 2 aromatic carbocycles. The molecule has 0 aliphatic heterocycles. The highest BCUT2D eigenvalue weighted by molar-refractivity contribution is 6.39. The second kappa shape index (κ2) is 10.7. The van der Waals surface area contributed by atoms with Gasteiger partial charge < -0.3 is 20.8 Å². The summed E-state index contributed by atoms with van der Waals surface area (Å²) < 4.78 is 1.20. The van der Waals surface area contributed by atoms with E-state index in [9.17, 15) is 24.6 Å². The maximum absolute atomic E-state index is 12.8. The highest BCUT2D eigenvalue weighted by Gasteiger charge is 2.16. The number of carbonyl (C=O) groups excluding carboxylic acids is 1. The summed E-state index contributed by atoms with van der Waals surface area (Å²) in [5.74, 6) is -1.36. The first-order valence-corrected chi connectivity index (χ1v) is 11.6. The van der Waals surface area contributed by atoms with Crippen LogP contribution in [0.1, 0.15) is 17.3 Å². The molecule has 0 atom stereocenters. The summed E-state index contributed by atoms with van der Waals surface area (Å²) >= 11 is 12.1. The number of carbonyl (C=O) groups is 2. The van der Waals surface area contributed by atoms with Crippen molar-refractivity contribution in [2.24, 2.45) is 0 Å². The fourth-order valence-corrected chi connectivity index (χ4v) is 4.00. The Morgan fingerprint density at radius 1 is 0.973 bits per heavy atom. The van der Waals surface area contributed by atoms with Gasteiger partial charge in [0.1, 0.15) is 11.4 Å². The monoisotopic (exact) mass is 539 g/mol. The molecule has 0 bridgehead atoms. The van der Waals surface area contributed by atoms with Crippen molar-refractivity contribution in [3.05, 3.63) is 86.9 Å². The molecule has 0 saturated carbocycles. The van der Waals surface area contributed by atoms with E-state index >= 15 is 0 Å². The minimum Gasteiger partial charge on any atom is -0.508 e. The number of amides is 2. The maximum atomic E-state index is 12.8. The third-order valence-electron chi connectivity index (χ3n) is 5.27. The number of urea groups is 1. The van der Waals surface area contributed by atoms with E-state index in [0.717, 1.165) is 6.07 Å². The van der Waals surface area contributed by atoms with E-state index in [1.54, 1.807) is 31.2 Å². The molecule has 37 heavy (non-hydrogen) atoms. The van der Waals surface area contributed by atoms with E-state index in [2.05, 4.69) is 20.7 Å². The van der Waals surface area contributed by atoms with Crippen molar-refractivity contribution in [1.82, 2.24) is 14.8 Å². The normalized spacial score (nSPS) is 10.7. The van der Waals surface area contributed by atoms with Crippen molar-refractivity contribution in [1.29, 1.82) is 0 Å². The van der Waals surface area contributed by atoms with Crippen molar-refractivity contribution >= 4 is 46.6 Å². The number of nitrogens with zero attached hydrogens (tertiary/aromatic N) is 3. The number of hydrogen-bond acceptors (Lipinski definition) is 6. The lowest BCUT2D eigenvalue weighted by Gasteiger charge is -2.13. The van der Waals surface area contributed by atoms with Crippen LogP contribution in [0.2, 0.25) is 10.0 Å². The molecule has 12 heteroatoms. The van der Waals surface area contributed by atoms with Crippen molar-refractivity contribution in [3.8, 4) is 28.1 Å². The van der Waals surface area contributed by atoms with Crippen molar-refractivity contribution in [2.75, 3.05) is 10.6 Å². The van der Waals surface area contributed by atoms with Gasteiger partial charge in [0.05, 0.1) is 27.0 Å². The molecule has 4 N–H and O–H groups in total. The Morgan fingerprint density at radius 2 is 1.68 bits per heavy atom. The van der Waals surface area contributed by atoms with E-state index in [-0.39, 0.29) is 39.3 Å². The highest BCUT2D eigenvalue weighted by atomic mass is 35.5. The van der Waals surface area contributed by atoms with Crippen molar-refractivity contribution in [2.45, 2.75) is 13.5 Å². The van der Waals surface area contributed by atoms with E-state index in [1.807, 2.05) is 0 Å². The average molecular weight is 540 g/mol. The van der Waals surface area contributed by atoms with Gasteiger partial charge in [-0.1, -0.05) is 41.4 Å². The fraction of sp³-hybridized carbons (Fsp3) is 0.0800. The first-order chi connectivity index (χ1) is 17.7. The third kappa shape index (κ3) is 5.71. The molecule has 0 unspecified atom stereocenters. The molecular weight excluding hydrogens is 521 g/mol. The molecule has 2 aromatic heterocycles. The number of benzene rings is 2. The number of phenolic OH excluding ortho intramolecular Hbond substituents is 1. The lowest BCUT2D eigenvalue weighted by Crippen LogP contribution is -2.29. The molecule has 2 heterocycles. The number of aryl methyl sites for hydroxylation is 1. The fourth-order valence-electron chi connectivity index (χ4n) is 3.54. The number of halogens is 2. The number of carboxylic acids is 1. The zero-order chi connectivity index (χ0) is 26.7. The van der Waals surface area contributed by atoms with Crippen LogP contribution in [0.25, 0.3) is 22.4 Å². The Kier molecular flexibility index (Phi) is 7.42. The van der Waals surface area contributed by atoms with Gasteiger partial charge in [-0.2, -0.15) is 5.10 Å². The van der Waals surface area contributed by atoms with Crippen LogP contribution in [-0.4, -0.2) is 37.0 Å². The topological polar surface area (TPSA) is 146 Å². The lowest BCUT2D eigenvalue weighted by molar-refractivity contribution is 0.0696. The molecule has 0 aliphatic rings. The Morgan fingerprint density at radius 3 is 2.35 bits per heavy atom. The zero-order valence-corrected chi connectivity index (χ0v) is 20.7. The molecule has 0 radical (unpaired) electrons. The molecule has 0 aliphatic carbocycles. The number of carboxylic acid groups (broad SMARTS) is 1. The molecule has 10 nitrogen and oxygen atoms in total. The SMILES string of the molecule is CCn1nc(-c2cccc(-c3cc(O)cc(C(=O)O)c3)c2)cc(NC(=O)Nc2c(Cl)cncc2Cl)c1=O. The number of nitrogens with one attached hydrogen (secondary N) is 2. The molecule has 4 rings (SSSR count). The number of hydrogen-bond donors (Lipinski definition) is 4. The first-order valence-electron chi connectivity index (χ1n) is 10.8. The number of anilines is 2. The molecular formula is C25H19Cl2N5O5. The third-order valence-corrected chi connectivity index (χ3v) is 5.84. The smallest absolute Gasteiger partial charge is 0.335 e. The van der Waals surface area contributed by atoms with Gasteiger partial charge in [0.25, 0.3) is 5.56 Å². The largest absolute Gasteiger partial charge is 0.508 e. The van der Waals surface area contributed by atoms with Gasteiger partial charge in [-0.25, -0.2) is 14.3 Å². The van der Waals surface area contributed by atoms with Crippen LogP contribution in [0.15, 0.2) is 65.7 Å². The van der Waals surface area contributed by atoms with Crippen LogP contribution in [0.4, 0.5) is 16.2 Å². The van der Waals surface area contributed by atoms with Gasteiger partial charge in [-0.05, 0) is 48.4 Å². The predicted molar refractivity (Wildman–Crippen MR) is 141 cm³/mol. The summed E-state index contributed by atoms with van der Waals surface area (Å²) in [7, 11) is 0. The second-order valence-electron chi connectivity index (χ2n) is 7.78. The summed E-state index contributed by atoms with van der Waals surface area (Å²) in [6.07, 6.45) is 2.63. The Labute approximate surface area is 220 Å². The Bertz CT molecular complexity index is 1570. The summed E-state index contributed by atoms with van der Waals surface area (Å²) in [5.41, 5.74) is 1.56. The zero-order valence-electron chi connectivity index (χ0n) is 19.2. The summed E-state index contributed by atoms with van der Waals surface area (Å²) in [6, 6.07) is 11.7. The number of rotatable bonds is 6. The van der Waals surface area contributed by atoms with E-state index in [1.165, 1.54) is 35.3 Å². The summed E-state index contributed by atoms with van der Waals surface area (Å²) in [4.78, 5) is 40.7. The number of aromatic nitrogens is 3. The van der Waals surface area contributed by atoms with Gasteiger partial charge >= 0.3 is 12.0 Å². The minimum atomic E-state index is -1.17. The van der Waals surface area contributed by atoms with Crippen molar-refractivity contribution < 1.29 is 19.8 Å². The van der Waals surface area contributed by atoms with Gasteiger partial charge in [-0.15, -0.1) is 0 Å². The molecule has 0 fully saturated rings. The Balaban J connectivity index is 1.70. The van der Waals surface area contributed by atoms with E-state index in [0.29, 0.717) is 22.4 Å². The average Bonchev–Trinajstić information content (AvgIpc) is 2.87. The predicted octanol–water partition coefficient (Wildman–Crippen LogP) is 5.35. The van der Waals surface area contributed by atoms with Crippen LogP contribution >= 0.6 is 23.2 Å². The van der Waals surface area contributed by atoms with Crippen LogP contribution in [0.3, 0.4) is 0 Å². The quantitative estimate of drug-likeness (QED) is 0.258. The number of aromatic hydroxyl groups is 1. The van der Waals surface area contributed by atoms with Gasteiger partial charge in [0, 0.05) is 24.5 Å². The summed E-state index contributed by atoms with van der Waals surface area (Å²) in [6.45, 7) is 1.97. The van der Waals surface area contributed by atoms with Gasteiger partial charge in [0.15, 0.2) is 0 Å². The van der Waals surface area contributed by atoms with Gasteiger partial charge in [0.2, 0.25) is 0 Å². The van der Waals surface area contributed by atoms with Crippen LogP contribution in [-0.2, 0) is 6.54 Å². The Hall–Kier alpha value is -4.41. The standard InChI is InChI=1S/C25H19Cl2N5O5/c1-2-32-23(34)21(29-25(37)30-22-18(26)11-28-12-19(22)27)10-20(31-32)14-5-3-4-13(6-14)15-7-16(24(35)36)9-17(33)8-15/h3-12,33H,2H2,1H3,(H,35,36)(H2,28,29,30,37). The van der Waals surface area contributed by atoms with E-state index in [4.69, 9.17) is 23.2 Å². The van der Waals surface area contributed by atoms with E-state index < -0.39 is 17.6 Å². The lowest BCUT2D eigenvalue weighted by atomic mass is 9.99. The molecule has 0 saturated heterocycles. The maximum Gasteiger partial charge on any atom is 0.335 e. The van der Waals surface area contributed by atoms with Crippen LogP contribution in [0.5, 0.6) is 5.75 Å². The number of phenols is 1. The molecule has 188 valence electrons. The van der Waals surface area contributed by atoms with Crippen LogP contribution in [0, 0.1) is 0 Å². The highest BCUT2D eigenvalue weighted by Crippen LogP contribution is 2.30. The van der Waals surface area contributed by atoms with Crippen molar-refractivity contribution in [3.63, 3.8) is 0 Å².